The molecule has 2 fully saturated rings. The van der Waals surface area contributed by atoms with Gasteiger partial charge < -0.3 is 5.11 Å². The van der Waals surface area contributed by atoms with E-state index in [2.05, 4.69) is 0 Å². The summed E-state index contributed by atoms with van der Waals surface area (Å²) in [5, 5.41) is 9.88. The Kier molecular flexibility index (Phi) is 3.37. The van der Waals surface area contributed by atoms with E-state index < -0.39 is 16.1 Å². The summed E-state index contributed by atoms with van der Waals surface area (Å²) in [5.74, 6) is 0. The van der Waals surface area contributed by atoms with E-state index in [0.717, 1.165) is 18.4 Å². The van der Waals surface area contributed by atoms with E-state index in [4.69, 9.17) is 0 Å². The molecule has 2 atom stereocenters. The Morgan fingerprint density at radius 1 is 1.16 bits per heavy atom. The molecule has 1 heterocycles. The van der Waals surface area contributed by atoms with Gasteiger partial charge in [-0.1, -0.05) is 30.3 Å². The van der Waals surface area contributed by atoms with Crippen molar-refractivity contribution in [1.29, 1.82) is 0 Å². The fourth-order valence-corrected chi connectivity index (χ4v) is 4.84. The van der Waals surface area contributed by atoms with Crippen LogP contribution in [0, 0.1) is 0 Å². The summed E-state index contributed by atoms with van der Waals surface area (Å²) in [6.45, 7) is 0.456. The third kappa shape index (κ3) is 2.55. The normalized spacial score (nSPS) is 28.7. The molecular weight excluding hydrogens is 262 g/mol. The van der Waals surface area contributed by atoms with Gasteiger partial charge in [-0.15, -0.1) is 0 Å². The number of aliphatic hydroxyl groups is 1. The highest BCUT2D eigenvalue weighted by molar-refractivity contribution is 7.90. The Bertz CT molecular complexity index is 539. The Morgan fingerprint density at radius 2 is 1.84 bits per heavy atom. The number of rotatable bonds is 4. The van der Waals surface area contributed by atoms with Crippen LogP contribution in [-0.2, 0) is 16.4 Å². The van der Waals surface area contributed by atoms with E-state index in [0.29, 0.717) is 19.4 Å². The van der Waals surface area contributed by atoms with Crippen LogP contribution in [0.5, 0.6) is 0 Å². The number of sulfonamides is 1. The van der Waals surface area contributed by atoms with Gasteiger partial charge in [0.25, 0.3) is 0 Å². The van der Waals surface area contributed by atoms with Crippen LogP contribution in [0.25, 0.3) is 0 Å². The van der Waals surface area contributed by atoms with Gasteiger partial charge in [-0.25, -0.2) is 8.42 Å². The van der Waals surface area contributed by atoms with E-state index in [9.17, 15) is 13.5 Å². The van der Waals surface area contributed by atoms with Crippen LogP contribution in [0.15, 0.2) is 30.3 Å². The lowest BCUT2D eigenvalue weighted by Crippen LogP contribution is -2.42. The molecular formula is C14H19NO3S. The second-order valence-electron chi connectivity index (χ2n) is 5.47. The van der Waals surface area contributed by atoms with Gasteiger partial charge in [-0.2, -0.15) is 4.31 Å². The Labute approximate surface area is 114 Å². The standard InChI is InChI=1S/C14H19NO3S/c16-14-8-9-15(19(17,18)12-6-7-12)13(14)10-11-4-2-1-3-5-11/h1-5,12-14,16H,6-10H2/t13-,14+/m0/s1. The van der Waals surface area contributed by atoms with Crippen molar-refractivity contribution in [3.63, 3.8) is 0 Å². The van der Waals surface area contributed by atoms with Crippen LogP contribution in [0.4, 0.5) is 0 Å². The minimum Gasteiger partial charge on any atom is -0.391 e. The first-order valence-electron chi connectivity index (χ1n) is 6.81. The molecule has 1 aromatic carbocycles. The number of benzene rings is 1. The minimum absolute atomic E-state index is 0.198. The van der Waals surface area contributed by atoms with Crippen molar-refractivity contribution in [1.82, 2.24) is 4.31 Å². The third-order valence-electron chi connectivity index (χ3n) is 4.02. The van der Waals surface area contributed by atoms with Gasteiger partial charge >= 0.3 is 0 Å². The highest BCUT2D eigenvalue weighted by Crippen LogP contribution is 2.35. The first kappa shape index (κ1) is 13.1. The largest absolute Gasteiger partial charge is 0.391 e. The fraction of sp³-hybridized carbons (Fsp3) is 0.571. The maximum absolute atomic E-state index is 12.4. The lowest BCUT2D eigenvalue weighted by atomic mass is 10.0. The molecule has 1 aliphatic heterocycles. The van der Waals surface area contributed by atoms with Crippen LogP contribution in [0.1, 0.15) is 24.8 Å². The van der Waals surface area contributed by atoms with E-state index in [1.165, 1.54) is 0 Å². The number of aliphatic hydroxyl groups excluding tert-OH is 1. The summed E-state index contributed by atoms with van der Waals surface area (Å²) < 4.78 is 26.3. The zero-order valence-corrected chi connectivity index (χ0v) is 11.6. The van der Waals surface area contributed by atoms with Crippen LogP contribution >= 0.6 is 0 Å². The second kappa shape index (κ2) is 4.89. The molecule has 1 N–H and O–H groups in total. The van der Waals surface area contributed by atoms with Gasteiger partial charge in [0.15, 0.2) is 0 Å². The molecule has 0 spiro atoms. The molecule has 1 saturated heterocycles. The molecule has 3 rings (SSSR count). The zero-order valence-electron chi connectivity index (χ0n) is 10.8. The van der Waals surface area contributed by atoms with E-state index in [1.54, 1.807) is 4.31 Å². The topological polar surface area (TPSA) is 57.6 Å². The second-order valence-corrected chi connectivity index (χ2v) is 7.63. The smallest absolute Gasteiger partial charge is 0.217 e. The van der Waals surface area contributed by atoms with E-state index >= 15 is 0 Å². The van der Waals surface area contributed by atoms with E-state index in [-0.39, 0.29) is 11.3 Å². The van der Waals surface area contributed by atoms with E-state index in [1.807, 2.05) is 30.3 Å². The summed E-state index contributed by atoms with van der Waals surface area (Å²) in [6, 6.07) is 9.48. The zero-order chi connectivity index (χ0) is 13.5. The quantitative estimate of drug-likeness (QED) is 0.901. The molecule has 0 unspecified atom stereocenters. The first-order chi connectivity index (χ1) is 9.09. The highest BCUT2D eigenvalue weighted by atomic mass is 32.2. The van der Waals surface area contributed by atoms with Crippen LogP contribution in [0.2, 0.25) is 0 Å². The van der Waals surface area contributed by atoms with Crippen molar-refractivity contribution in [2.45, 2.75) is 43.1 Å². The average molecular weight is 281 g/mol. The third-order valence-corrected chi connectivity index (χ3v) is 6.44. The van der Waals surface area contributed by atoms with Gasteiger partial charge in [0.2, 0.25) is 10.0 Å². The predicted molar refractivity (Wildman–Crippen MR) is 73.2 cm³/mol. The van der Waals surface area contributed by atoms with Crippen molar-refractivity contribution in [2.75, 3.05) is 6.54 Å². The molecule has 4 nitrogen and oxygen atoms in total. The maximum Gasteiger partial charge on any atom is 0.217 e. The van der Waals surface area contributed by atoms with Gasteiger partial charge in [0.1, 0.15) is 0 Å². The van der Waals surface area contributed by atoms with Gasteiger partial charge in [-0.3, -0.25) is 0 Å². The summed E-state index contributed by atoms with van der Waals surface area (Å²) in [7, 11) is -3.19. The minimum atomic E-state index is -3.19. The molecule has 0 amide bonds. The monoisotopic (exact) mass is 281 g/mol. The molecule has 19 heavy (non-hydrogen) atoms. The highest BCUT2D eigenvalue weighted by Gasteiger charge is 2.47. The predicted octanol–water partition coefficient (Wildman–Crippen LogP) is 1.16. The SMILES string of the molecule is O=S(=O)(C1CC1)N1CC[C@@H](O)[C@@H]1Cc1ccccc1. The number of nitrogens with zero attached hydrogens (tertiary/aromatic N) is 1. The van der Waals surface area contributed by atoms with Crippen molar-refractivity contribution >= 4 is 10.0 Å². The summed E-state index contributed by atoms with van der Waals surface area (Å²) in [6.07, 6.45) is 2.13. The van der Waals surface area contributed by atoms with Crippen LogP contribution in [-0.4, -0.2) is 41.8 Å². The molecule has 5 heteroatoms. The van der Waals surface area contributed by atoms with Crippen molar-refractivity contribution < 1.29 is 13.5 Å². The summed E-state index contributed by atoms with van der Waals surface area (Å²) in [4.78, 5) is 0. The summed E-state index contributed by atoms with van der Waals surface area (Å²) >= 11 is 0. The number of hydrogen-bond acceptors (Lipinski definition) is 3. The van der Waals surface area contributed by atoms with Gasteiger partial charge in [-0.05, 0) is 31.2 Å². The lowest BCUT2D eigenvalue weighted by molar-refractivity contribution is 0.142. The molecule has 1 aliphatic carbocycles. The Hall–Kier alpha value is -0.910. The first-order valence-corrected chi connectivity index (χ1v) is 8.32. The lowest BCUT2D eigenvalue weighted by Gasteiger charge is -2.25. The average Bonchev–Trinajstić information content (AvgIpc) is 3.18. The van der Waals surface area contributed by atoms with Crippen LogP contribution in [0.3, 0.4) is 0 Å². The van der Waals surface area contributed by atoms with Crippen LogP contribution < -0.4 is 0 Å². The molecule has 104 valence electrons. The van der Waals surface area contributed by atoms with Gasteiger partial charge in [0.05, 0.1) is 17.4 Å². The summed E-state index contributed by atoms with van der Waals surface area (Å²) in [5.41, 5.74) is 1.07. The molecule has 1 saturated carbocycles. The Morgan fingerprint density at radius 3 is 2.47 bits per heavy atom. The van der Waals surface area contributed by atoms with Crippen molar-refractivity contribution in [2.24, 2.45) is 0 Å². The molecule has 0 radical (unpaired) electrons. The van der Waals surface area contributed by atoms with Crippen molar-refractivity contribution in [3.05, 3.63) is 35.9 Å². The van der Waals surface area contributed by atoms with Crippen molar-refractivity contribution in [3.8, 4) is 0 Å². The molecule has 1 aromatic rings. The maximum atomic E-state index is 12.4. The molecule has 2 aliphatic rings. The Balaban J connectivity index is 1.81. The molecule has 0 bridgehead atoms. The fourth-order valence-electron chi connectivity index (χ4n) is 2.78. The molecule has 0 aromatic heterocycles. The number of hydrogen-bond donors (Lipinski definition) is 1. The van der Waals surface area contributed by atoms with Gasteiger partial charge in [0, 0.05) is 6.54 Å².